The third kappa shape index (κ3) is 2.42. The van der Waals surface area contributed by atoms with Crippen LogP contribution in [0.5, 0.6) is 0 Å². The monoisotopic (exact) mass is 191 g/mol. The summed E-state index contributed by atoms with van der Waals surface area (Å²) >= 11 is 0. The Hall–Kier alpha value is -1.64. The van der Waals surface area contributed by atoms with E-state index < -0.39 is 0 Å². The Balaban J connectivity index is 2.97. The van der Waals surface area contributed by atoms with Crippen molar-refractivity contribution in [1.29, 1.82) is 0 Å². The molecule has 0 amide bonds. The van der Waals surface area contributed by atoms with Gasteiger partial charge in [0.1, 0.15) is 0 Å². The second kappa shape index (κ2) is 4.05. The molecule has 1 rings (SSSR count). The summed E-state index contributed by atoms with van der Waals surface area (Å²) in [6, 6.07) is 1.77. The molecule has 0 aliphatic heterocycles. The van der Waals surface area contributed by atoms with Gasteiger partial charge < -0.3 is 4.57 Å². The van der Waals surface area contributed by atoms with E-state index in [2.05, 4.69) is 0 Å². The first-order valence-corrected chi connectivity index (χ1v) is 4.36. The third-order valence-corrected chi connectivity index (χ3v) is 1.90. The van der Waals surface area contributed by atoms with Crippen molar-refractivity contribution in [2.75, 3.05) is 0 Å². The average molecular weight is 191 g/mol. The largest absolute Gasteiger partial charge is 0.348 e. The Morgan fingerprint density at radius 2 is 2.00 bits per heavy atom. The molecule has 0 bridgehead atoms. The van der Waals surface area contributed by atoms with Gasteiger partial charge in [0.2, 0.25) is 0 Å². The third-order valence-electron chi connectivity index (χ3n) is 1.90. The van der Waals surface area contributed by atoms with E-state index in [-0.39, 0.29) is 11.6 Å². The summed E-state index contributed by atoms with van der Waals surface area (Å²) in [6.07, 6.45) is 5.00. The number of carbonyl (C=O) groups is 2. The van der Waals surface area contributed by atoms with Gasteiger partial charge in [-0.25, -0.2) is 0 Å². The molecular weight excluding hydrogens is 178 g/mol. The van der Waals surface area contributed by atoms with E-state index >= 15 is 0 Å². The zero-order chi connectivity index (χ0) is 10.7. The minimum atomic E-state index is -0.00164. The molecule has 3 heteroatoms. The molecule has 1 aromatic heterocycles. The first kappa shape index (κ1) is 10.4. The van der Waals surface area contributed by atoms with E-state index in [1.165, 1.54) is 19.9 Å². The summed E-state index contributed by atoms with van der Waals surface area (Å²) in [5.74, 6) is 0.0215. The van der Waals surface area contributed by atoms with Crippen molar-refractivity contribution >= 4 is 17.6 Å². The van der Waals surface area contributed by atoms with Crippen molar-refractivity contribution in [2.24, 2.45) is 7.05 Å². The summed E-state index contributed by atoms with van der Waals surface area (Å²) in [5, 5.41) is 0. The number of ketones is 2. The van der Waals surface area contributed by atoms with E-state index in [0.29, 0.717) is 5.69 Å². The Kier molecular flexibility index (Phi) is 3.02. The molecule has 0 saturated heterocycles. The fourth-order valence-electron chi connectivity index (χ4n) is 1.24. The van der Waals surface area contributed by atoms with Gasteiger partial charge >= 0.3 is 0 Å². The topological polar surface area (TPSA) is 39.1 Å². The first-order valence-electron chi connectivity index (χ1n) is 4.36. The Morgan fingerprint density at radius 1 is 1.36 bits per heavy atom. The number of nitrogens with zero attached hydrogens (tertiary/aromatic N) is 1. The maximum Gasteiger partial charge on any atom is 0.176 e. The number of hydrogen-bond acceptors (Lipinski definition) is 2. The lowest BCUT2D eigenvalue weighted by molar-refractivity contribution is -0.112. The van der Waals surface area contributed by atoms with Gasteiger partial charge in [0.15, 0.2) is 11.6 Å². The van der Waals surface area contributed by atoms with Crippen molar-refractivity contribution in [2.45, 2.75) is 13.8 Å². The number of hydrogen-bond donors (Lipinski definition) is 0. The molecule has 74 valence electrons. The lowest BCUT2D eigenvalue weighted by atomic mass is 10.2. The van der Waals surface area contributed by atoms with E-state index in [0.717, 1.165) is 5.56 Å². The Morgan fingerprint density at radius 3 is 2.43 bits per heavy atom. The molecule has 0 unspecified atom stereocenters. The van der Waals surface area contributed by atoms with E-state index in [9.17, 15) is 9.59 Å². The van der Waals surface area contributed by atoms with Crippen molar-refractivity contribution in [3.05, 3.63) is 29.6 Å². The highest BCUT2D eigenvalue weighted by Gasteiger charge is 2.04. The van der Waals surface area contributed by atoms with E-state index in [1.54, 1.807) is 16.7 Å². The van der Waals surface area contributed by atoms with Crippen LogP contribution in [0.4, 0.5) is 0 Å². The molecule has 0 saturated carbocycles. The zero-order valence-corrected chi connectivity index (χ0v) is 8.57. The van der Waals surface area contributed by atoms with Gasteiger partial charge in [-0.1, -0.05) is 0 Å². The maximum atomic E-state index is 11.1. The van der Waals surface area contributed by atoms with Crippen LogP contribution in [0.2, 0.25) is 0 Å². The molecule has 0 N–H and O–H groups in total. The van der Waals surface area contributed by atoms with Gasteiger partial charge in [0.05, 0.1) is 5.69 Å². The standard InChI is InChI=1S/C11H13NO2/c1-8(13)4-5-10-6-11(9(2)14)12(3)7-10/h4-7H,1-3H3/b5-4+. The van der Waals surface area contributed by atoms with Crippen LogP contribution in [-0.2, 0) is 11.8 Å². The van der Waals surface area contributed by atoms with Crippen LogP contribution >= 0.6 is 0 Å². The molecule has 0 radical (unpaired) electrons. The predicted molar refractivity (Wildman–Crippen MR) is 55.1 cm³/mol. The van der Waals surface area contributed by atoms with E-state index in [4.69, 9.17) is 0 Å². The van der Waals surface area contributed by atoms with Crippen LogP contribution in [0.3, 0.4) is 0 Å². The number of aryl methyl sites for hydroxylation is 1. The zero-order valence-electron chi connectivity index (χ0n) is 8.57. The minimum Gasteiger partial charge on any atom is -0.348 e. The van der Waals surface area contributed by atoms with Crippen molar-refractivity contribution < 1.29 is 9.59 Å². The molecule has 0 aliphatic rings. The molecule has 0 spiro atoms. The summed E-state index contributed by atoms with van der Waals surface area (Å²) in [4.78, 5) is 21.8. The molecular formula is C11H13NO2. The van der Waals surface area contributed by atoms with Crippen molar-refractivity contribution in [1.82, 2.24) is 4.57 Å². The highest BCUT2D eigenvalue weighted by molar-refractivity contribution is 5.94. The lowest BCUT2D eigenvalue weighted by Gasteiger charge is -1.94. The fraction of sp³-hybridized carbons (Fsp3) is 0.273. The second-order valence-electron chi connectivity index (χ2n) is 3.27. The van der Waals surface area contributed by atoms with E-state index in [1.807, 2.05) is 13.2 Å². The van der Waals surface area contributed by atoms with Crippen LogP contribution in [0, 0.1) is 0 Å². The van der Waals surface area contributed by atoms with Crippen LogP contribution < -0.4 is 0 Å². The van der Waals surface area contributed by atoms with Crippen molar-refractivity contribution in [3.8, 4) is 0 Å². The number of carbonyl (C=O) groups excluding carboxylic acids is 2. The number of Topliss-reactive ketones (excluding diaryl/α,β-unsaturated/α-hetero) is 1. The predicted octanol–water partition coefficient (Wildman–Crippen LogP) is 1.83. The Labute approximate surface area is 83.0 Å². The molecule has 14 heavy (non-hydrogen) atoms. The number of allylic oxidation sites excluding steroid dienone is 1. The van der Waals surface area contributed by atoms with Gasteiger partial charge in [-0.15, -0.1) is 0 Å². The molecule has 0 atom stereocenters. The summed E-state index contributed by atoms with van der Waals surface area (Å²) in [6.45, 7) is 3.01. The van der Waals surface area contributed by atoms with Gasteiger partial charge in [-0.2, -0.15) is 0 Å². The lowest BCUT2D eigenvalue weighted by Crippen LogP contribution is -1.99. The van der Waals surface area contributed by atoms with Gasteiger partial charge in [0, 0.05) is 20.2 Å². The van der Waals surface area contributed by atoms with Gasteiger partial charge in [-0.05, 0) is 30.7 Å². The molecule has 0 fully saturated rings. The maximum absolute atomic E-state index is 11.1. The number of aromatic nitrogens is 1. The SMILES string of the molecule is CC(=O)/C=C/c1cc(C(C)=O)n(C)c1. The summed E-state index contributed by atoms with van der Waals surface area (Å²) < 4.78 is 1.75. The first-order chi connectivity index (χ1) is 6.50. The summed E-state index contributed by atoms with van der Waals surface area (Å²) in [7, 11) is 1.81. The van der Waals surface area contributed by atoms with Crippen molar-refractivity contribution in [3.63, 3.8) is 0 Å². The molecule has 3 nitrogen and oxygen atoms in total. The molecule has 0 aliphatic carbocycles. The number of rotatable bonds is 3. The molecule has 0 aromatic carbocycles. The van der Waals surface area contributed by atoms with Crippen LogP contribution in [0.25, 0.3) is 6.08 Å². The smallest absolute Gasteiger partial charge is 0.176 e. The molecule has 1 aromatic rings. The van der Waals surface area contributed by atoms with Crippen LogP contribution in [0.1, 0.15) is 29.9 Å². The Bertz CT molecular complexity index is 399. The second-order valence-corrected chi connectivity index (χ2v) is 3.27. The molecule has 1 heterocycles. The average Bonchev–Trinajstić information content (AvgIpc) is 2.43. The highest BCUT2D eigenvalue weighted by Crippen LogP contribution is 2.09. The minimum absolute atomic E-state index is 0.00164. The van der Waals surface area contributed by atoms with Crippen LogP contribution in [0.15, 0.2) is 18.3 Å². The van der Waals surface area contributed by atoms with Gasteiger partial charge in [-0.3, -0.25) is 9.59 Å². The highest BCUT2D eigenvalue weighted by atomic mass is 16.1. The quantitative estimate of drug-likeness (QED) is 0.540. The van der Waals surface area contributed by atoms with Gasteiger partial charge in [0.25, 0.3) is 0 Å². The summed E-state index contributed by atoms with van der Waals surface area (Å²) in [5.41, 5.74) is 1.51. The fourth-order valence-corrected chi connectivity index (χ4v) is 1.24. The van der Waals surface area contributed by atoms with Crippen LogP contribution in [-0.4, -0.2) is 16.1 Å². The normalized spacial score (nSPS) is 10.8.